The van der Waals surface area contributed by atoms with Crippen molar-refractivity contribution < 1.29 is 9.90 Å². The quantitative estimate of drug-likeness (QED) is 0.382. The third-order valence-electron chi connectivity index (χ3n) is 5.95. The van der Waals surface area contributed by atoms with Crippen LogP contribution in [-0.4, -0.2) is 5.78 Å². The molecule has 6 heteroatoms. The van der Waals surface area contributed by atoms with E-state index in [1.54, 1.807) is 47.0 Å². The van der Waals surface area contributed by atoms with E-state index in [0.717, 1.165) is 32.6 Å². The van der Waals surface area contributed by atoms with E-state index in [1.807, 2.05) is 24.3 Å². The van der Waals surface area contributed by atoms with Gasteiger partial charge in [-0.1, -0.05) is 88.6 Å². The highest BCUT2D eigenvalue weighted by atomic mass is 32.2. The van der Waals surface area contributed by atoms with Crippen molar-refractivity contribution in [2.45, 2.75) is 47.0 Å². The van der Waals surface area contributed by atoms with Crippen LogP contribution in [0.3, 0.4) is 0 Å². The first-order valence-corrected chi connectivity index (χ1v) is 14.3. The van der Waals surface area contributed by atoms with E-state index in [9.17, 15) is 9.90 Å². The van der Waals surface area contributed by atoms with Crippen molar-refractivity contribution in [1.82, 2.24) is 0 Å². The SMILES string of the molecule is CC(C)(C)C1=Cc2cc(C(C)(C)C)c([O])c3cc(C4=CSC(=C5SC=CS5)S4)cc(c23)C1=O. The van der Waals surface area contributed by atoms with Gasteiger partial charge in [0.1, 0.15) is 0 Å². The van der Waals surface area contributed by atoms with Gasteiger partial charge in [0.2, 0.25) is 0 Å². The van der Waals surface area contributed by atoms with Crippen molar-refractivity contribution in [2.75, 3.05) is 0 Å². The summed E-state index contributed by atoms with van der Waals surface area (Å²) in [6, 6.07) is 6.02. The van der Waals surface area contributed by atoms with Gasteiger partial charge in [-0.05, 0) is 62.5 Å². The Bertz CT molecular complexity index is 1340. The van der Waals surface area contributed by atoms with E-state index in [0.29, 0.717) is 10.9 Å². The molecule has 2 aliphatic heterocycles. The molecule has 0 N–H and O–H groups in total. The van der Waals surface area contributed by atoms with Crippen molar-refractivity contribution in [3.8, 4) is 5.75 Å². The zero-order valence-electron chi connectivity index (χ0n) is 19.5. The molecular formula is C27H25O2S4. The summed E-state index contributed by atoms with van der Waals surface area (Å²) >= 11 is 6.94. The second-order valence-electron chi connectivity index (χ2n) is 10.5. The molecule has 0 saturated heterocycles. The lowest BCUT2D eigenvalue weighted by Crippen LogP contribution is -2.21. The summed E-state index contributed by atoms with van der Waals surface area (Å²) in [5.74, 6) is 0.0661. The summed E-state index contributed by atoms with van der Waals surface area (Å²) in [5.41, 5.74) is 3.60. The highest BCUT2D eigenvalue weighted by Gasteiger charge is 2.33. The van der Waals surface area contributed by atoms with Crippen molar-refractivity contribution in [3.63, 3.8) is 0 Å². The van der Waals surface area contributed by atoms with Gasteiger partial charge in [0, 0.05) is 32.4 Å². The molecule has 0 aromatic heterocycles. The maximum absolute atomic E-state index is 13.7. The fraction of sp³-hybridized carbons (Fsp3) is 0.296. The predicted molar refractivity (Wildman–Crippen MR) is 149 cm³/mol. The highest BCUT2D eigenvalue weighted by molar-refractivity contribution is 8.35. The first-order valence-electron chi connectivity index (χ1n) is 10.8. The normalized spacial score (nSPS) is 18.4. The third kappa shape index (κ3) is 4.03. The van der Waals surface area contributed by atoms with Crippen molar-refractivity contribution in [3.05, 3.63) is 70.7 Å². The van der Waals surface area contributed by atoms with Crippen LogP contribution in [-0.2, 0) is 10.5 Å². The summed E-state index contributed by atoms with van der Waals surface area (Å²) in [4.78, 5) is 14.8. The first-order chi connectivity index (χ1) is 15.4. The Hall–Kier alpha value is -1.47. The molecule has 2 heterocycles. The Morgan fingerprint density at radius 3 is 2.15 bits per heavy atom. The van der Waals surface area contributed by atoms with Crippen molar-refractivity contribution in [1.29, 1.82) is 0 Å². The highest BCUT2D eigenvalue weighted by Crippen LogP contribution is 2.56. The molecule has 0 unspecified atom stereocenters. The average Bonchev–Trinajstić information content (AvgIpc) is 3.42. The number of hydrogen-bond acceptors (Lipinski definition) is 5. The molecule has 5 rings (SSSR count). The first kappa shape index (κ1) is 23.3. The molecule has 0 fully saturated rings. The molecule has 1 radical (unpaired) electrons. The smallest absolute Gasteiger partial charge is 0.190 e. The Kier molecular flexibility index (Phi) is 5.67. The van der Waals surface area contributed by atoms with Crippen LogP contribution in [0.5, 0.6) is 5.75 Å². The van der Waals surface area contributed by atoms with Gasteiger partial charge in [0.25, 0.3) is 0 Å². The van der Waals surface area contributed by atoms with Gasteiger partial charge in [-0.15, -0.1) is 0 Å². The molecule has 0 amide bonds. The van der Waals surface area contributed by atoms with Crippen LogP contribution in [0.15, 0.2) is 48.5 Å². The molecule has 169 valence electrons. The van der Waals surface area contributed by atoms with Crippen molar-refractivity contribution in [2.24, 2.45) is 5.41 Å². The third-order valence-corrected chi connectivity index (χ3v) is 11.0. The van der Waals surface area contributed by atoms with E-state index in [1.165, 1.54) is 8.47 Å². The molecule has 0 atom stereocenters. The van der Waals surface area contributed by atoms with E-state index in [4.69, 9.17) is 0 Å². The summed E-state index contributed by atoms with van der Waals surface area (Å²) in [7, 11) is 0. The number of thioether (sulfide) groups is 4. The summed E-state index contributed by atoms with van der Waals surface area (Å²) in [6.45, 7) is 12.4. The molecule has 2 aromatic rings. The predicted octanol–water partition coefficient (Wildman–Crippen LogP) is 9.76. The second-order valence-corrected chi connectivity index (χ2v) is 14.7. The van der Waals surface area contributed by atoms with Crippen LogP contribution in [0.25, 0.3) is 21.8 Å². The lowest BCUT2D eigenvalue weighted by atomic mass is 9.74. The number of allylic oxidation sites excluding steroid dienone is 1. The average molecular weight is 510 g/mol. The fourth-order valence-electron chi connectivity index (χ4n) is 4.26. The molecule has 3 aliphatic rings. The summed E-state index contributed by atoms with van der Waals surface area (Å²) in [6.07, 6.45) is 2.01. The molecular weight excluding hydrogens is 485 g/mol. The van der Waals surface area contributed by atoms with Gasteiger partial charge < -0.3 is 0 Å². The molecule has 1 aliphatic carbocycles. The largest absolute Gasteiger partial charge is 0.289 e. The standard InChI is InChI=1S/C27H25O2S4/c1-26(2,3)18-11-15-12-19(27(4,5)6)23(29)17-10-14(9-16(21(15)17)22(18)28)20-13-32-25(33-20)24-30-7-8-31-24/h7-13H,1-6H3. The number of hydrogen-bond donors (Lipinski definition) is 0. The topological polar surface area (TPSA) is 37.0 Å². The summed E-state index contributed by atoms with van der Waals surface area (Å²) in [5, 5.41) is 21.5. The number of carbonyl (C=O) groups is 1. The van der Waals surface area contributed by atoms with Gasteiger partial charge in [0.05, 0.1) is 8.47 Å². The van der Waals surface area contributed by atoms with Crippen LogP contribution >= 0.6 is 47.0 Å². The lowest BCUT2D eigenvalue weighted by Gasteiger charge is -2.29. The number of carbonyl (C=O) groups excluding carboxylic acids is 1. The van der Waals surface area contributed by atoms with Gasteiger partial charge in [0.15, 0.2) is 11.5 Å². The number of rotatable bonds is 1. The monoisotopic (exact) mass is 509 g/mol. The number of Topliss-reactive ketones (excluding diaryl/α,β-unsaturated/α-hetero) is 1. The Labute approximate surface area is 212 Å². The van der Waals surface area contributed by atoms with E-state index in [2.05, 4.69) is 57.8 Å². The van der Waals surface area contributed by atoms with Crippen LogP contribution in [0, 0.1) is 5.41 Å². The molecule has 33 heavy (non-hydrogen) atoms. The number of ketones is 1. The minimum Gasteiger partial charge on any atom is -0.289 e. The minimum absolute atomic E-state index is 0.0330. The minimum atomic E-state index is -0.284. The Morgan fingerprint density at radius 1 is 0.818 bits per heavy atom. The maximum Gasteiger partial charge on any atom is 0.190 e. The van der Waals surface area contributed by atoms with E-state index >= 15 is 0 Å². The van der Waals surface area contributed by atoms with E-state index in [-0.39, 0.29) is 22.4 Å². The van der Waals surface area contributed by atoms with Gasteiger partial charge in [-0.2, -0.15) is 0 Å². The van der Waals surface area contributed by atoms with Crippen LogP contribution < -0.4 is 0 Å². The van der Waals surface area contributed by atoms with E-state index < -0.39 is 0 Å². The summed E-state index contributed by atoms with van der Waals surface area (Å²) < 4.78 is 2.54. The van der Waals surface area contributed by atoms with Gasteiger partial charge in [-0.3, -0.25) is 9.90 Å². The molecule has 2 nitrogen and oxygen atoms in total. The molecule has 0 bridgehead atoms. The molecule has 0 saturated carbocycles. The van der Waals surface area contributed by atoms with Crippen molar-refractivity contribution >= 4 is 74.6 Å². The fourth-order valence-corrected chi connectivity index (χ4v) is 8.72. The van der Waals surface area contributed by atoms with Gasteiger partial charge >= 0.3 is 0 Å². The van der Waals surface area contributed by atoms with Crippen LogP contribution in [0.4, 0.5) is 0 Å². The molecule has 0 spiro atoms. The Balaban J connectivity index is 1.73. The van der Waals surface area contributed by atoms with Gasteiger partial charge in [-0.25, -0.2) is 0 Å². The zero-order chi connectivity index (χ0) is 23.7. The van der Waals surface area contributed by atoms with Crippen LogP contribution in [0.2, 0.25) is 0 Å². The second kappa shape index (κ2) is 8.04. The zero-order valence-corrected chi connectivity index (χ0v) is 22.8. The Morgan fingerprint density at radius 2 is 1.52 bits per heavy atom. The van der Waals surface area contributed by atoms with Crippen LogP contribution in [0.1, 0.15) is 68.6 Å². The molecule has 2 aromatic carbocycles. The lowest BCUT2D eigenvalue weighted by molar-refractivity contribution is 0.101. The number of benzene rings is 2. The maximum atomic E-state index is 13.7.